The van der Waals surface area contributed by atoms with Crippen LogP contribution >= 0.6 is 11.8 Å². The van der Waals surface area contributed by atoms with Crippen LogP contribution in [-0.2, 0) is 18.8 Å². The van der Waals surface area contributed by atoms with Crippen LogP contribution in [0.15, 0.2) is 42.3 Å². The number of tetrazole rings is 1. The summed E-state index contributed by atoms with van der Waals surface area (Å²) >= 11 is 1.56. The molecule has 0 aliphatic carbocycles. The van der Waals surface area contributed by atoms with Gasteiger partial charge in [-0.3, -0.25) is 9.55 Å². The highest BCUT2D eigenvalue weighted by molar-refractivity contribution is 7.98. The minimum Gasteiger partial charge on any atom is -0.298 e. The molecule has 0 radical (unpaired) electrons. The summed E-state index contributed by atoms with van der Waals surface area (Å²) in [6, 6.07) is 3.83. The lowest BCUT2D eigenvalue weighted by Gasteiger charge is -2.07. The van der Waals surface area contributed by atoms with E-state index >= 15 is 0 Å². The molecule has 24 heavy (non-hydrogen) atoms. The molecule has 0 aliphatic rings. The Balaban J connectivity index is 1.82. The van der Waals surface area contributed by atoms with Gasteiger partial charge in [0.1, 0.15) is 0 Å². The van der Waals surface area contributed by atoms with Crippen molar-refractivity contribution < 1.29 is 0 Å². The van der Waals surface area contributed by atoms with Gasteiger partial charge in [0.2, 0.25) is 0 Å². The molecular formula is C15H18N8S. The third kappa shape index (κ3) is 3.51. The average molecular weight is 342 g/mol. The van der Waals surface area contributed by atoms with Crippen molar-refractivity contribution in [3.05, 3.63) is 43.0 Å². The first-order valence-electron chi connectivity index (χ1n) is 7.65. The molecule has 0 aromatic carbocycles. The van der Waals surface area contributed by atoms with Crippen LogP contribution in [0.1, 0.15) is 19.2 Å². The second-order valence-corrected chi connectivity index (χ2v) is 5.99. The number of nitrogens with zero attached hydrogens (tertiary/aromatic N) is 8. The van der Waals surface area contributed by atoms with Crippen LogP contribution in [-0.4, -0.2) is 40.0 Å². The van der Waals surface area contributed by atoms with Gasteiger partial charge >= 0.3 is 0 Å². The molecule has 3 aromatic heterocycles. The monoisotopic (exact) mass is 342 g/mol. The van der Waals surface area contributed by atoms with E-state index in [-0.39, 0.29) is 0 Å². The summed E-state index contributed by atoms with van der Waals surface area (Å²) in [5, 5.41) is 21.3. The summed E-state index contributed by atoms with van der Waals surface area (Å²) in [5.41, 5.74) is 0.974. The van der Waals surface area contributed by atoms with Gasteiger partial charge in [0.15, 0.2) is 16.8 Å². The predicted molar refractivity (Wildman–Crippen MR) is 91.1 cm³/mol. The molecule has 8 nitrogen and oxygen atoms in total. The lowest BCUT2D eigenvalue weighted by molar-refractivity contribution is 0.564. The molecular weight excluding hydrogens is 324 g/mol. The SMILES string of the molecule is C=CCn1c(SCc2nnnn2CCC)nnc1-c1ccncc1. The summed E-state index contributed by atoms with van der Waals surface area (Å²) in [6.45, 7) is 7.36. The van der Waals surface area contributed by atoms with E-state index < -0.39 is 0 Å². The molecule has 3 heterocycles. The van der Waals surface area contributed by atoms with Crippen molar-refractivity contribution in [3.8, 4) is 11.4 Å². The average Bonchev–Trinajstić information content (AvgIpc) is 3.21. The molecule has 124 valence electrons. The quantitative estimate of drug-likeness (QED) is 0.458. The second kappa shape index (κ2) is 7.82. The highest BCUT2D eigenvalue weighted by atomic mass is 32.2. The third-order valence-corrected chi connectivity index (χ3v) is 4.30. The maximum absolute atomic E-state index is 4.32. The van der Waals surface area contributed by atoms with Crippen LogP contribution in [0.3, 0.4) is 0 Å². The standard InChI is InChI=1S/C15H18N8S/c1-3-9-22-14(12-5-7-16-8-6-12)18-19-15(22)24-11-13-17-20-21-23(13)10-4-2/h3,5-8H,1,4,9-11H2,2H3. The molecule has 0 atom stereocenters. The van der Waals surface area contributed by atoms with E-state index in [4.69, 9.17) is 0 Å². The van der Waals surface area contributed by atoms with Crippen molar-refractivity contribution in [3.63, 3.8) is 0 Å². The predicted octanol–water partition coefficient (Wildman–Crippen LogP) is 2.21. The van der Waals surface area contributed by atoms with Gasteiger partial charge in [-0.2, -0.15) is 0 Å². The minimum absolute atomic E-state index is 0.632. The van der Waals surface area contributed by atoms with Crippen LogP contribution in [0.5, 0.6) is 0 Å². The molecule has 3 rings (SSSR count). The maximum Gasteiger partial charge on any atom is 0.192 e. The summed E-state index contributed by atoms with van der Waals surface area (Å²) < 4.78 is 3.85. The number of hydrogen-bond donors (Lipinski definition) is 0. The molecule has 0 amide bonds. The maximum atomic E-state index is 4.32. The van der Waals surface area contributed by atoms with Gasteiger partial charge in [0, 0.05) is 31.0 Å². The van der Waals surface area contributed by atoms with Crippen molar-refractivity contribution >= 4 is 11.8 Å². The Labute approximate surface area is 144 Å². The first kappa shape index (κ1) is 16.3. The van der Waals surface area contributed by atoms with E-state index in [1.54, 1.807) is 24.2 Å². The molecule has 0 N–H and O–H groups in total. The normalized spacial score (nSPS) is 10.9. The lowest BCUT2D eigenvalue weighted by Crippen LogP contribution is -2.05. The van der Waals surface area contributed by atoms with Crippen molar-refractivity contribution in [1.29, 1.82) is 0 Å². The zero-order chi connectivity index (χ0) is 16.8. The molecule has 0 aliphatic heterocycles. The fourth-order valence-electron chi connectivity index (χ4n) is 2.24. The molecule has 0 unspecified atom stereocenters. The van der Waals surface area contributed by atoms with E-state index in [2.05, 4.69) is 44.2 Å². The summed E-state index contributed by atoms with van der Waals surface area (Å²) in [4.78, 5) is 4.04. The Morgan fingerprint density at radius 2 is 2.04 bits per heavy atom. The fraction of sp³-hybridized carbons (Fsp3) is 0.333. The Hall–Kier alpha value is -2.55. The Bertz CT molecular complexity index is 795. The Kier molecular flexibility index (Phi) is 5.32. The topological polar surface area (TPSA) is 87.2 Å². The second-order valence-electron chi connectivity index (χ2n) is 5.05. The molecule has 0 fully saturated rings. The van der Waals surface area contributed by atoms with Crippen LogP contribution in [0.4, 0.5) is 0 Å². The largest absolute Gasteiger partial charge is 0.298 e. The zero-order valence-electron chi connectivity index (χ0n) is 13.4. The lowest BCUT2D eigenvalue weighted by atomic mass is 10.2. The van der Waals surface area contributed by atoms with Gasteiger partial charge in [-0.15, -0.1) is 21.9 Å². The number of allylic oxidation sites excluding steroid dienone is 1. The van der Waals surface area contributed by atoms with Crippen molar-refractivity contribution in [2.24, 2.45) is 0 Å². The summed E-state index contributed by atoms with van der Waals surface area (Å²) in [6.07, 6.45) is 6.31. The number of rotatable bonds is 8. The summed E-state index contributed by atoms with van der Waals surface area (Å²) in [7, 11) is 0. The van der Waals surface area contributed by atoms with Crippen molar-refractivity contribution in [1.82, 2.24) is 40.0 Å². The van der Waals surface area contributed by atoms with Gasteiger partial charge in [-0.1, -0.05) is 24.8 Å². The molecule has 0 saturated heterocycles. The van der Waals surface area contributed by atoms with Gasteiger partial charge in [0.05, 0.1) is 5.75 Å². The van der Waals surface area contributed by atoms with Gasteiger partial charge < -0.3 is 0 Å². The summed E-state index contributed by atoms with van der Waals surface area (Å²) in [5.74, 6) is 2.27. The molecule has 9 heteroatoms. The van der Waals surface area contributed by atoms with Gasteiger partial charge in [-0.25, -0.2) is 4.68 Å². The van der Waals surface area contributed by atoms with Crippen molar-refractivity contribution in [2.75, 3.05) is 0 Å². The van der Waals surface area contributed by atoms with E-state index in [0.717, 1.165) is 35.3 Å². The van der Waals surface area contributed by atoms with E-state index in [0.29, 0.717) is 12.3 Å². The zero-order valence-corrected chi connectivity index (χ0v) is 14.2. The van der Waals surface area contributed by atoms with Gasteiger partial charge in [0.25, 0.3) is 0 Å². The third-order valence-electron chi connectivity index (χ3n) is 3.34. The fourth-order valence-corrected chi connectivity index (χ4v) is 3.13. The van der Waals surface area contributed by atoms with E-state index in [1.165, 1.54) is 0 Å². The number of pyridine rings is 1. The van der Waals surface area contributed by atoms with Crippen LogP contribution in [0.2, 0.25) is 0 Å². The Morgan fingerprint density at radius 1 is 1.21 bits per heavy atom. The molecule has 0 saturated carbocycles. The van der Waals surface area contributed by atoms with E-state index in [1.807, 2.05) is 27.5 Å². The van der Waals surface area contributed by atoms with E-state index in [9.17, 15) is 0 Å². The highest BCUT2D eigenvalue weighted by Gasteiger charge is 2.15. The first-order chi connectivity index (χ1) is 11.8. The number of aromatic nitrogens is 8. The first-order valence-corrected chi connectivity index (χ1v) is 8.64. The van der Waals surface area contributed by atoms with Crippen LogP contribution < -0.4 is 0 Å². The highest BCUT2D eigenvalue weighted by Crippen LogP contribution is 2.25. The number of thioether (sulfide) groups is 1. The minimum atomic E-state index is 0.632. The molecule has 0 spiro atoms. The number of hydrogen-bond acceptors (Lipinski definition) is 7. The van der Waals surface area contributed by atoms with Crippen molar-refractivity contribution in [2.45, 2.75) is 37.3 Å². The van der Waals surface area contributed by atoms with Gasteiger partial charge in [-0.05, 0) is 29.0 Å². The molecule has 3 aromatic rings. The van der Waals surface area contributed by atoms with Crippen LogP contribution in [0, 0.1) is 0 Å². The Morgan fingerprint density at radius 3 is 2.79 bits per heavy atom. The number of aryl methyl sites for hydroxylation is 1. The smallest absolute Gasteiger partial charge is 0.192 e. The molecule has 0 bridgehead atoms. The van der Waals surface area contributed by atoms with Crippen LogP contribution in [0.25, 0.3) is 11.4 Å².